The Bertz CT molecular complexity index is 497. The second-order valence-electron chi connectivity index (χ2n) is 4.48. The molecule has 1 aliphatic heterocycles. The number of carbonyl (C=O) groups is 1. The third-order valence-electron chi connectivity index (χ3n) is 2.95. The first-order valence-corrected chi connectivity index (χ1v) is 7.67. The molecule has 1 aromatic heterocycles. The normalized spacial score (nSPS) is 21.9. The second kappa shape index (κ2) is 5.47. The van der Waals surface area contributed by atoms with Gasteiger partial charge in [-0.1, -0.05) is 0 Å². The summed E-state index contributed by atoms with van der Waals surface area (Å²) in [4.78, 5) is 15.3. The molecule has 1 N–H and O–H groups in total. The summed E-state index contributed by atoms with van der Waals surface area (Å²) in [5.74, 6) is 0.406. The number of aryl methyl sites for hydroxylation is 1. The molecule has 2 heterocycles. The molecule has 0 spiro atoms. The fourth-order valence-corrected chi connectivity index (χ4v) is 3.81. The Labute approximate surface area is 106 Å². The van der Waals surface area contributed by atoms with Crippen molar-refractivity contribution in [1.82, 2.24) is 20.1 Å². The Balaban J connectivity index is 1.66. The van der Waals surface area contributed by atoms with E-state index >= 15 is 0 Å². The first-order valence-electron chi connectivity index (χ1n) is 5.85. The highest BCUT2D eigenvalue weighted by Gasteiger charge is 2.27. The molecule has 1 aromatic rings. The van der Waals surface area contributed by atoms with Crippen LogP contribution in [0.4, 0.5) is 0 Å². The van der Waals surface area contributed by atoms with E-state index in [9.17, 15) is 13.2 Å². The van der Waals surface area contributed by atoms with Crippen molar-refractivity contribution in [2.45, 2.75) is 19.4 Å². The van der Waals surface area contributed by atoms with Gasteiger partial charge in [0, 0.05) is 13.0 Å². The summed E-state index contributed by atoms with van der Waals surface area (Å²) in [6, 6.07) is 0. The maximum atomic E-state index is 11.5. The van der Waals surface area contributed by atoms with Gasteiger partial charge in [-0.15, -0.1) is 0 Å². The third-order valence-corrected chi connectivity index (χ3v) is 4.79. The highest BCUT2D eigenvalue weighted by Crippen LogP contribution is 2.17. The largest absolute Gasteiger partial charge is 0.356 e. The fourth-order valence-electron chi connectivity index (χ4n) is 1.94. The van der Waals surface area contributed by atoms with E-state index in [2.05, 4.69) is 15.4 Å². The van der Waals surface area contributed by atoms with E-state index in [4.69, 9.17) is 0 Å². The molecule has 100 valence electrons. The minimum Gasteiger partial charge on any atom is -0.356 e. The summed E-state index contributed by atoms with van der Waals surface area (Å²) < 4.78 is 24.1. The molecule has 0 unspecified atom stereocenters. The molecule has 1 saturated heterocycles. The van der Waals surface area contributed by atoms with Gasteiger partial charge in [0.05, 0.1) is 18.1 Å². The van der Waals surface area contributed by atoms with Crippen LogP contribution in [0.1, 0.15) is 12.8 Å². The molecular weight excluding hydrogens is 256 g/mol. The van der Waals surface area contributed by atoms with Crippen molar-refractivity contribution in [3.8, 4) is 0 Å². The van der Waals surface area contributed by atoms with E-state index in [1.165, 1.54) is 6.33 Å². The van der Waals surface area contributed by atoms with Crippen molar-refractivity contribution in [1.29, 1.82) is 0 Å². The van der Waals surface area contributed by atoms with Crippen LogP contribution in [0.15, 0.2) is 12.7 Å². The van der Waals surface area contributed by atoms with E-state index in [1.54, 1.807) is 11.0 Å². The molecule has 0 saturated carbocycles. The highest BCUT2D eigenvalue weighted by atomic mass is 32.2. The lowest BCUT2D eigenvalue weighted by Crippen LogP contribution is -2.30. The first kappa shape index (κ1) is 13.0. The first-order chi connectivity index (χ1) is 8.55. The van der Waals surface area contributed by atoms with Crippen LogP contribution in [0.25, 0.3) is 0 Å². The van der Waals surface area contributed by atoms with Gasteiger partial charge in [-0.3, -0.25) is 9.48 Å². The lowest BCUT2D eigenvalue weighted by molar-refractivity contribution is -0.121. The number of rotatable bonds is 5. The molecule has 0 aliphatic carbocycles. The average molecular weight is 272 g/mol. The molecule has 1 atom stereocenters. The monoisotopic (exact) mass is 272 g/mol. The summed E-state index contributed by atoms with van der Waals surface area (Å²) in [7, 11) is -2.86. The second-order valence-corrected chi connectivity index (χ2v) is 6.71. The Kier molecular flexibility index (Phi) is 3.95. The molecule has 1 fully saturated rings. The minimum absolute atomic E-state index is 0.0605. The number of hydrogen-bond acceptors (Lipinski definition) is 5. The number of aromatic nitrogens is 3. The molecule has 0 radical (unpaired) electrons. The van der Waals surface area contributed by atoms with Crippen LogP contribution >= 0.6 is 0 Å². The smallest absolute Gasteiger partial charge is 0.221 e. The van der Waals surface area contributed by atoms with Crippen molar-refractivity contribution in [3.05, 3.63) is 12.7 Å². The standard InChI is InChI=1S/C10H16N4O3S/c15-10(1-3-14-8-11-7-13-14)12-5-9-2-4-18(16,17)6-9/h7-9H,1-6H2,(H,12,15)/t9-/m0/s1. The SMILES string of the molecule is O=C(CCn1cncn1)NC[C@@H]1CCS(=O)(=O)C1. The van der Waals surface area contributed by atoms with Crippen molar-refractivity contribution in [2.24, 2.45) is 5.92 Å². The molecular formula is C10H16N4O3S. The molecule has 1 amide bonds. The molecule has 7 nitrogen and oxygen atoms in total. The summed E-state index contributed by atoms with van der Waals surface area (Å²) in [6.07, 6.45) is 3.94. The Morgan fingerprint density at radius 3 is 2.94 bits per heavy atom. The Morgan fingerprint density at radius 1 is 1.50 bits per heavy atom. The van der Waals surface area contributed by atoms with Crippen LogP contribution in [-0.4, -0.2) is 47.1 Å². The maximum Gasteiger partial charge on any atom is 0.221 e. The number of hydrogen-bond donors (Lipinski definition) is 1. The van der Waals surface area contributed by atoms with E-state index in [1.807, 2.05) is 0 Å². The van der Waals surface area contributed by atoms with Gasteiger partial charge >= 0.3 is 0 Å². The van der Waals surface area contributed by atoms with Crippen LogP contribution in [0.3, 0.4) is 0 Å². The zero-order valence-corrected chi connectivity index (χ0v) is 10.8. The van der Waals surface area contributed by atoms with Gasteiger partial charge in [0.25, 0.3) is 0 Å². The molecule has 1 aliphatic rings. The van der Waals surface area contributed by atoms with E-state index in [0.29, 0.717) is 25.9 Å². The van der Waals surface area contributed by atoms with Gasteiger partial charge in [-0.2, -0.15) is 5.10 Å². The number of amides is 1. The number of sulfone groups is 1. The predicted molar refractivity (Wildman–Crippen MR) is 64.4 cm³/mol. The fraction of sp³-hybridized carbons (Fsp3) is 0.700. The van der Waals surface area contributed by atoms with E-state index in [0.717, 1.165) is 0 Å². The summed E-state index contributed by atoms with van der Waals surface area (Å²) in [5, 5.41) is 6.65. The summed E-state index contributed by atoms with van der Waals surface area (Å²) in [6.45, 7) is 0.921. The Hall–Kier alpha value is -1.44. The zero-order valence-electron chi connectivity index (χ0n) is 9.95. The molecule has 2 rings (SSSR count). The van der Waals surface area contributed by atoms with Gasteiger partial charge in [-0.25, -0.2) is 13.4 Å². The van der Waals surface area contributed by atoms with Gasteiger partial charge in [0.1, 0.15) is 12.7 Å². The van der Waals surface area contributed by atoms with Crippen molar-refractivity contribution in [3.63, 3.8) is 0 Å². The van der Waals surface area contributed by atoms with Crippen molar-refractivity contribution >= 4 is 15.7 Å². The van der Waals surface area contributed by atoms with Crippen LogP contribution < -0.4 is 5.32 Å². The minimum atomic E-state index is -2.86. The molecule has 8 heteroatoms. The number of carbonyl (C=O) groups excluding carboxylic acids is 1. The van der Waals surface area contributed by atoms with Crippen molar-refractivity contribution < 1.29 is 13.2 Å². The van der Waals surface area contributed by atoms with Gasteiger partial charge in [0.2, 0.25) is 5.91 Å². The lowest BCUT2D eigenvalue weighted by Gasteiger charge is -2.09. The highest BCUT2D eigenvalue weighted by molar-refractivity contribution is 7.91. The van der Waals surface area contributed by atoms with E-state index in [-0.39, 0.29) is 23.3 Å². The van der Waals surface area contributed by atoms with Gasteiger partial charge in [0.15, 0.2) is 9.84 Å². The summed E-state index contributed by atoms with van der Waals surface area (Å²) in [5.41, 5.74) is 0. The summed E-state index contributed by atoms with van der Waals surface area (Å²) >= 11 is 0. The quantitative estimate of drug-likeness (QED) is 0.759. The maximum absolute atomic E-state index is 11.5. The van der Waals surface area contributed by atoms with Crippen LogP contribution in [0.5, 0.6) is 0 Å². The number of nitrogens with zero attached hydrogens (tertiary/aromatic N) is 3. The average Bonchev–Trinajstić information content (AvgIpc) is 2.93. The zero-order chi connectivity index (χ0) is 13.0. The van der Waals surface area contributed by atoms with Gasteiger partial charge < -0.3 is 5.32 Å². The Morgan fingerprint density at radius 2 is 2.33 bits per heavy atom. The van der Waals surface area contributed by atoms with Crippen LogP contribution in [-0.2, 0) is 21.2 Å². The molecule has 0 bridgehead atoms. The van der Waals surface area contributed by atoms with Crippen molar-refractivity contribution in [2.75, 3.05) is 18.1 Å². The molecule has 0 aromatic carbocycles. The molecule has 18 heavy (non-hydrogen) atoms. The topological polar surface area (TPSA) is 93.9 Å². The third kappa shape index (κ3) is 3.80. The lowest BCUT2D eigenvalue weighted by atomic mass is 10.1. The number of nitrogens with one attached hydrogen (secondary N) is 1. The van der Waals surface area contributed by atoms with Crippen LogP contribution in [0, 0.1) is 5.92 Å². The van der Waals surface area contributed by atoms with Gasteiger partial charge in [-0.05, 0) is 12.3 Å². The predicted octanol–water partition coefficient (Wildman–Crippen LogP) is -0.781. The van der Waals surface area contributed by atoms with E-state index < -0.39 is 9.84 Å². The van der Waals surface area contributed by atoms with Crippen LogP contribution in [0.2, 0.25) is 0 Å².